The van der Waals surface area contributed by atoms with Crippen LogP contribution in [0.25, 0.3) is 5.69 Å². The first-order valence-electron chi connectivity index (χ1n) is 9.60. The van der Waals surface area contributed by atoms with E-state index >= 15 is 0 Å². The first-order chi connectivity index (χ1) is 15.0. The summed E-state index contributed by atoms with van der Waals surface area (Å²) in [5.74, 6) is -0.315. The van der Waals surface area contributed by atoms with Crippen molar-refractivity contribution in [3.63, 3.8) is 0 Å². The minimum absolute atomic E-state index is 0.107. The zero-order valence-corrected chi connectivity index (χ0v) is 20.2. The molecule has 0 atom stereocenters. The molecule has 1 heterocycles. The van der Waals surface area contributed by atoms with Crippen molar-refractivity contribution >= 4 is 45.8 Å². The van der Waals surface area contributed by atoms with E-state index in [-0.39, 0.29) is 19.1 Å². The van der Waals surface area contributed by atoms with E-state index < -0.39 is 0 Å². The van der Waals surface area contributed by atoms with Gasteiger partial charge in [0.25, 0.3) is 5.91 Å². The van der Waals surface area contributed by atoms with Crippen LogP contribution in [0, 0.1) is 3.57 Å². The summed E-state index contributed by atoms with van der Waals surface area (Å²) in [5, 5.41) is 24.7. The Balaban J connectivity index is 0.00000166. The van der Waals surface area contributed by atoms with Crippen LogP contribution >= 0.6 is 34.2 Å². The number of nitrogens with zero attached hydrogens (tertiary/aromatic N) is 2. The lowest BCUT2D eigenvalue weighted by molar-refractivity contribution is 0.101. The maximum absolute atomic E-state index is 13.2. The van der Waals surface area contributed by atoms with E-state index in [0.717, 1.165) is 10.7 Å². The molecule has 0 unspecified atom stereocenters. The first kappa shape index (κ1) is 25.3. The highest BCUT2D eigenvalue weighted by Gasteiger charge is 2.24. The normalized spacial score (nSPS) is 10.4. The summed E-state index contributed by atoms with van der Waals surface area (Å²) in [6, 6.07) is 14.6. The van der Waals surface area contributed by atoms with E-state index in [1.807, 2.05) is 37.3 Å². The number of hydrogen-bond donors (Lipinski definition) is 3. The molecule has 0 fully saturated rings. The number of carbonyl (C=O) groups is 1. The van der Waals surface area contributed by atoms with Gasteiger partial charge < -0.3 is 20.3 Å². The molecule has 0 aliphatic rings. The van der Waals surface area contributed by atoms with Crippen LogP contribution in [0.3, 0.4) is 0 Å². The lowest BCUT2D eigenvalue weighted by Gasteiger charge is -2.11. The molecule has 7 nitrogen and oxygen atoms in total. The third-order valence-electron chi connectivity index (χ3n) is 4.24. The standard InChI is InChI=1S/C21H21ClIN3O3.CH4O/c1-2-29-13-19-18(10-11-27)20(21(28)24-16-8-6-15(23)7-9-16)26(25-19)17-5-3-4-14(22)12-17;1-2/h3-9,12,27H,2,10-11,13H2,1H3,(H,24,28);2H,1H3. The van der Waals surface area contributed by atoms with Gasteiger partial charge in [0.1, 0.15) is 5.69 Å². The summed E-state index contributed by atoms with van der Waals surface area (Å²) in [6.45, 7) is 2.56. The molecular weight excluding hydrogens is 533 g/mol. The van der Waals surface area contributed by atoms with E-state index in [2.05, 4.69) is 33.0 Å². The number of aliphatic hydroxyl groups is 2. The Bertz CT molecular complexity index is 993. The largest absolute Gasteiger partial charge is 0.400 e. The number of amides is 1. The van der Waals surface area contributed by atoms with Crippen molar-refractivity contribution < 1.29 is 19.7 Å². The van der Waals surface area contributed by atoms with Crippen LogP contribution in [-0.4, -0.2) is 46.2 Å². The summed E-state index contributed by atoms with van der Waals surface area (Å²) in [4.78, 5) is 13.2. The zero-order valence-electron chi connectivity index (χ0n) is 17.3. The lowest BCUT2D eigenvalue weighted by Crippen LogP contribution is -2.19. The summed E-state index contributed by atoms with van der Waals surface area (Å²) >= 11 is 8.36. The Morgan fingerprint density at radius 3 is 2.55 bits per heavy atom. The van der Waals surface area contributed by atoms with Crippen molar-refractivity contribution in [3.8, 4) is 5.69 Å². The van der Waals surface area contributed by atoms with Crippen LogP contribution in [0.4, 0.5) is 5.69 Å². The average molecular weight is 558 g/mol. The number of halogens is 2. The number of rotatable bonds is 8. The second-order valence-corrected chi connectivity index (χ2v) is 7.92. The van der Waals surface area contributed by atoms with Crippen molar-refractivity contribution in [1.82, 2.24) is 9.78 Å². The van der Waals surface area contributed by atoms with Crippen molar-refractivity contribution in [2.75, 3.05) is 25.6 Å². The Kier molecular flexibility index (Phi) is 10.4. The van der Waals surface area contributed by atoms with Gasteiger partial charge in [-0.3, -0.25) is 4.79 Å². The molecule has 3 rings (SSSR count). The molecule has 31 heavy (non-hydrogen) atoms. The number of ether oxygens (including phenoxy) is 1. The Labute approximate surface area is 200 Å². The third-order valence-corrected chi connectivity index (χ3v) is 5.20. The van der Waals surface area contributed by atoms with Gasteiger partial charge in [-0.05, 0) is 78.4 Å². The SMILES string of the molecule is CCOCc1nn(-c2cccc(Cl)c2)c(C(=O)Nc2ccc(I)cc2)c1CCO.CO. The van der Waals surface area contributed by atoms with E-state index in [4.69, 9.17) is 21.4 Å². The maximum Gasteiger partial charge on any atom is 0.274 e. The van der Waals surface area contributed by atoms with Crippen molar-refractivity contribution in [1.29, 1.82) is 0 Å². The molecule has 0 aliphatic heterocycles. The fourth-order valence-corrected chi connectivity index (χ4v) is 3.48. The van der Waals surface area contributed by atoms with Gasteiger partial charge in [0.05, 0.1) is 18.0 Å². The predicted octanol–water partition coefficient (Wildman–Crippen LogP) is 4.06. The molecular formula is C22H25ClIN3O4. The lowest BCUT2D eigenvalue weighted by atomic mass is 10.1. The molecule has 0 radical (unpaired) electrons. The summed E-state index contributed by atoms with van der Waals surface area (Å²) < 4.78 is 8.17. The second kappa shape index (κ2) is 12.8. The molecule has 166 valence electrons. The highest BCUT2D eigenvalue weighted by atomic mass is 127. The monoisotopic (exact) mass is 557 g/mol. The fourth-order valence-electron chi connectivity index (χ4n) is 2.94. The van der Waals surface area contributed by atoms with Crippen LogP contribution in [0.2, 0.25) is 5.02 Å². The van der Waals surface area contributed by atoms with E-state index in [1.54, 1.807) is 22.9 Å². The van der Waals surface area contributed by atoms with E-state index in [1.165, 1.54) is 0 Å². The predicted molar refractivity (Wildman–Crippen MR) is 130 cm³/mol. The number of anilines is 1. The molecule has 3 aromatic rings. The summed E-state index contributed by atoms with van der Waals surface area (Å²) in [6.07, 6.45) is 0.290. The molecule has 0 aliphatic carbocycles. The quantitative estimate of drug-likeness (QED) is 0.363. The van der Waals surface area contributed by atoms with Gasteiger partial charge in [0.2, 0.25) is 0 Å². The van der Waals surface area contributed by atoms with Crippen LogP contribution < -0.4 is 5.32 Å². The summed E-state index contributed by atoms with van der Waals surface area (Å²) in [5.41, 5.74) is 2.97. The smallest absolute Gasteiger partial charge is 0.274 e. The maximum atomic E-state index is 13.2. The van der Waals surface area contributed by atoms with Gasteiger partial charge in [-0.25, -0.2) is 4.68 Å². The van der Waals surface area contributed by atoms with Gasteiger partial charge in [-0.2, -0.15) is 5.10 Å². The highest BCUT2D eigenvalue weighted by molar-refractivity contribution is 14.1. The molecule has 0 spiro atoms. The Hall–Kier alpha value is -1.98. The molecule has 0 saturated heterocycles. The number of benzene rings is 2. The topological polar surface area (TPSA) is 96.6 Å². The van der Waals surface area contributed by atoms with Gasteiger partial charge in [0.15, 0.2) is 0 Å². The van der Waals surface area contributed by atoms with Crippen LogP contribution in [-0.2, 0) is 17.8 Å². The second-order valence-electron chi connectivity index (χ2n) is 6.24. The van der Waals surface area contributed by atoms with Gasteiger partial charge >= 0.3 is 0 Å². The van der Waals surface area contributed by atoms with Crippen molar-refractivity contribution in [3.05, 3.63) is 74.1 Å². The number of aliphatic hydroxyl groups excluding tert-OH is 2. The molecule has 0 saturated carbocycles. The number of carbonyl (C=O) groups excluding carboxylic acids is 1. The van der Waals surface area contributed by atoms with Crippen LogP contribution in [0.5, 0.6) is 0 Å². The number of hydrogen-bond acceptors (Lipinski definition) is 5. The number of nitrogens with one attached hydrogen (secondary N) is 1. The van der Waals surface area contributed by atoms with Crippen molar-refractivity contribution in [2.45, 2.75) is 20.0 Å². The van der Waals surface area contributed by atoms with E-state index in [9.17, 15) is 9.90 Å². The van der Waals surface area contributed by atoms with Gasteiger partial charge in [-0.15, -0.1) is 0 Å². The molecule has 2 aromatic carbocycles. The van der Waals surface area contributed by atoms with Gasteiger partial charge in [0, 0.05) is 40.2 Å². The minimum Gasteiger partial charge on any atom is -0.400 e. The number of aromatic nitrogens is 2. The molecule has 1 aromatic heterocycles. The molecule has 3 N–H and O–H groups in total. The third kappa shape index (κ3) is 6.75. The molecule has 9 heteroatoms. The molecule has 0 bridgehead atoms. The first-order valence-corrected chi connectivity index (χ1v) is 11.1. The van der Waals surface area contributed by atoms with Gasteiger partial charge in [-0.1, -0.05) is 17.7 Å². The zero-order chi connectivity index (χ0) is 22.8. The fraction of sp³-hybridized carbons (Fsp3) is 0.273. The minimum atomic E-state index is -0.315. The van der Waals surface area contributed by atoms with E-state index in [0.29, 0.717) is 46.4 Å². The highest BCUT2D eigenvalue weighted by Crippen LogP contribution is 2.24. The average Bonchev–Trinajstić information content (AvgIpc) is 3.14. The Morgan fingerprint density at radius 1 is 1.23 bits per heavy atom. The van der Waals surface area contributed by atoms with Crippen molar-refractivity contribution in [2.24, 2.45) is 0 Å². The van der Waals surface area contributed by atoms with Crippen LogP contribution in [0.1, 0.15) is 28.7 Å². The summed E-state index contributed by atoms with van der Waals surface area (Å²) in [7, 11) is 1.00. The Morgan fingerprint density at radius 2 is 1.94 bits per heavy atom. The molecule has 1 amide bonds. The van der Waals surface area contributed by atoms with Crippen LogP contribution in [0.15, 0.2) is 48.5 Å².